The van der Waals surface area contributed by atoms with E-state index < -0.39 is 0 Å². The molecule has 0 amide bonds. The minimum Gasteiger partial charge on any atom is -0.341 e. The zero-order chi connectivity index (χ0) is 22.6. The lowest BCUT2D eigenvalue weighted by Crippen LogP contribution is -1.94. The first-order chi connectivity index (χ1) is 16.8. The number of para-hydroxylation sites is 1. The van der Waals surface area contributed by atoms with Gasteiger partial charge in [0.15, 0.2) is 0 Å². The van der Waals surface area contributed by atoms with Gasteiger partial charge in [-0.1, -0.05) is 97.1 Å². The summed E-state index contributed by atoms with van der Waals surface area (Å²) < 4.78 is 2.44. The van der Waals surface area contributed by atoms with E-state index in [-0.39, 0.29) is 0 Å². The minimum absolute atomic E-state index is 0.929. The van der Waals surface area contributed by atoms with Gasteiger partial charge in [0.25, 0.3) is 0 Å². The molecule has 0 radical (unpaired) electrons. The molecule has 6 aromatic carbocycles. The van der Waals surface area contributed by atoms with E-state index in [1.54, 1.807) is 0 Å². The molecule has 0 N–H and O–H groups in total. The predicted molar refractivity (Wildman–Crippen MR) is 147 cm³/mol. The maximum atomic E-state index is 2.44. The molecule has 1 aromatic heterocycles. The van der Waals surface area contributed by atoms with E-state index in [0.29, 0.717) is 0 Å². The fourth-order valence-electron chi connectivity index (χ4n) is 5.85. The van der Waals surface area contributed by atoms with Crippen LogP contribution >= 0.6 is 0 Å². The third-order valence-electron chi connectivity index (χ3n) is 7.37. The Morgan fingerprint density at radius 3 is 1.56 bits per heavy atom. The highest BCUT2D eigenvalue weighted by Crippen LogP contribution is 2.36. The topological polar surface area (TPSA) is 4.93 Å². The van der Waals surface area contributed by atoms with Gasteiger partial charge in [0.2, 0.25) is 0 Å². The van der Waals surface area contributed by atoms with Gasteiger partial charge >= 0.3 is 0 Å². The largest absolute Gasteiger partial charge is 0.341 e. The molecule has 1 heterocycles. The Bertz CT molecular complexity index is 1830. The van der Waals surface area contributed by atoms with Crippen molar-refractivity contribution < 1.29 is 0 Å². The van der Waals surface area contributed by atoms with Crippen LogP contribution in [0.5, 0.6) is 0 Å². The summed E-state index contributed by atoms with van der Waals surface area (Å²) in [5.74, 6) is 0. The standard InChI is InChI=1S/C33H25N/c1-2-34-32-14-8-7-13-29(32)30-18-16-23(21-33(30)34)19-22-15-17-28-26-11-4-3-9-24(26)25-10-5-6-12-27(25)31(28)20-22/h3-18,20-21H,2,19H2,1H3. The van der Waals surface area contributed by atoms with E-state index in [0.717, 1.165) is 13.0 Å². The summed E-state index contributed by atoms with van der Waals surface area (Å²) >= 11 is 0. The molecule has 0 aliphatic heterocycles. The molecule has 0 fully saturated rings. The van der Waals surface area contributed by atoms with Gasteiger partial charge in [0.1, 0.15) is 0 Å². The van der Waals surface area contributed by atoms with Crippen LogP contribution in [-0.2, 0) is 13.0 Å². The molecule has 162 valence electrons. The third-order valence-corrected chi connectivity index (χ3v) is 7.37. The van der Waals surface area contributed by atoms with Gasteiger partial charge in [-0.25, -0.2) is 0 Å². The number of rotatable bonds is 3. The van der Waals surface area contributed by atoms with Crippen molar-refractivity contribution in [1.29, 1.82) is 0 Å². The minimum atomic E-state index is 0.929. The highest BCUT2D eigenvalue weighted by atomic mass is 15.0. The first-order valence-electron chi connectivity index (χ1n) is 12.1. The molecule has 0 saturated heterocycles. The maximum Gasteiger partial charge on any atom is 0.0494 e. The van der Waals surface area contributed by atoms with Crippen LogP contribution in [0.4, 0.5) is 0 Å². The van der Waals surface area contributed by atoms with Crippen molar-refractivity contribution in [3.8, 4) is 0 Å². The number of aromatic nitrogens is 1. The molecule has 0 spiro atoms. The van der Waals surface area contributed by atoms with Crippen LogP contribution in [0.3, 0.4) is 0 Å². The first-order valence-corrected chi connectivity index (χ1v) is 12.1. The van der Waals surface area contributed by atoms with Crippen molar-refractivity contribution >= 4 is 54.1 Å². The van der Waals surface area contributed by atoms with Crippen molar-refractivity contribution in [3.05, 3.63) is 120 Å². The van der Waals surface area contributed by atoms with Crippen LogP contribution in [0.25, 0.3) is 54.1 Å². The molecule has 0 atom stereocenters. The summed E-state index contributed by atoms with van der Waals surface area (Å²) in [6, 6.07) is 40.4. The highest BCUT2D eigenvalue weighted by molar-refractivity contribution is 6.25. The Kier molecular flexibility index (Phi) is 4.25. The Morgan fingerprint density at radius 2 is 0.912 bits per heavy atom. The smallest absolute Gasteiger partial charge is 0.0494 e. The second-order valence-electron chi connectivity index (χ2n) is 9.26. The van der Waals surface area contributed by atoms with Gasteiger partial charge in [0.05, 0.1) is 0 Å². The fraction of sp³-hybridized carbons (Fsp3) is 0.0909. The van der Waals surface area contributed by atoms with E-state index in [2.05, 4.69) is 121 Å². The van der Waals surface area contributed by atoms with Gasteiger partial charge in [-0.15, -0.1) is 0 Å². The lowest BCUT2D eigenvalue weighted by Gasteiger charge is -2.12. The van der Waals surface area contributed by atoms with E-state index in [1.807, 2.05) is 0 Å². The normalized spacial score (nSPS) is 11.9. The number of hydrogen-bond acceptors (Lipinski definition) is 0. The second-order valence-corrected chi connectivity index (χ2v) is 9.26. The molecule has 1 heteroatoms. The Morgan fingerprint density at radius 1 is 0.441 bits per heavy atom. The summed E-state index contributed by atoms with van der Waals surface area (Å²) in [6.07, 6.45) is 0.929. The van der Waals surface area contributed by atoms with Gasteiger partial charge < -0.3 is 4.57 Å². The fourth-order valence-corrected chi connectivity index (χ4v) is 5.85. The van der Waals surface area contributed by atoms with Gasteiger partial charge in [-0.05, 0) is 68.9 Å². The molecular formula is C33H25N. The summed E-state index contributed by atoms with van der Waals surface area (Å²) in [5.41, 5.74) is 5.36. The molecule has 7 aromatic rings. The lowest BCUT2D eigenvalue weighted by molar-refractivity contribution is 0.826. The maximum absolute atomic E-state index is 2.44. The summed E-state index contributed by atoms with van der Waals surface area (Å²) in [4.78, 5) is 0. The predicted octanol–water partition coefficient (Wildman–Crippen LogP) is 8.86. The Hall–Kier alpha value is -4.10. The van der Waals surface area contributed by atoms with E-state index in [1.165, 1.54) is 65.3 Å². The molecule has 0 aliphatic carbocycles. The van der Waals surface area contributed by atoms with Crippen molar-refractivity contribution in [3.63, 3.8) is 0 Å². The molecule has 1 nitrogen and oxygen atoms in total. The van der Waals surface area contributed by atoms with Crippen molar-refractivity contribution in [2.24, 2.45) is 0 Å². The first kappa shape index (κ1) is 19.4. The molecule has 0 saturated carbocycles. The third kappa shape index (κ3) is 2.80. The Labute approximate surface area is 198 Å². The van der Waals surface area contributed by atoms with E-state index in [4.69, 9.17) is 0 Å². The number of hydrogen-bond donors (Lipinski definition) is 0. The second kappa shape index (κ2) is 7.46. The highest BCUT2D eigenvalue weighted by Gasteiger charge is 2.12. The molecule has 0 unspecified atom stereocenters. The van der Waals surface area contributed by atoms with Crippen LogP contribution in [0, 0.1) is 0 Å². The molecule has 0 bridgehead atoms. The molecule has 7 rings (SSSR count). The van der Waals surface area contributed by atoms with Crippen molar-refractivity contribution in [2.75, 3.05) is 0 Å². The summed E-state index contributed by atoms with van der Waals surface area (Å²) in [5, 5.41) is 10.7. The van der Waals surface area contributed by atoms with Crippen LogP contribution in [-0.4, -0.2) is 4.57 Å². The lowest BCUT2D eigenvalue weighted by atomic mass is 9.92. The molecular weight excluding hydrogens is 410 g/mol. The number of aryl methyl sites for hydroxylation is 1. The number of benzene rings is 6. The zero-order valence-electron chi connectivity index (χ0n) is 19.3. The van der Waals surface area contributed by atoms with E-state index >= 15 is 0 Å². The van der Waals surface area contributed by atoms with Crippen LogP contribution in [0.15, 0.2) is 109 Å². The van der Waals surface area contributed by atoms with Crippen molar-refractivity contribution in [1.82, 2.24) is 4.57 Å². The van der Waals surface area contributed by atoms with Gasteiger partial charge in [-0.2, -0.15) is 0 Å². The number of nitrogens with zero attached hydrogens (tertiary/aromatic N) is 1. The van der Waals surface area contributed by atoms with Crippen molar-refractivity contribution in [2.45, 2.75) is 19.9 Å². The van der Waals surface area contributed by atoms with Crippen LogP contribution in [0.2, 0.25) is 0 Å². The van der Waals surface area contributed by atoms with Gasteiger partial charge in [0, 0.05) is 28.4 Å². The zero-order valence-corrected chi connectivity index (χ0v) is 19.3. The van der Waals surface area contributed by atoms with E-state index in [9.17, 15) is 0 Å². The van der Waals surface area contributed by atoms with Crippen LogP contribution in [0.1, 0.15) is 18.1 Å². The summed E-state index contributed by atoms with van der Waals surface area (Å²) in [7, 11) is 0. The van der Waals surface area contributed by atoms with Crippen LogP contribution < -0.4 is 0 Å². The molecule has 0 aliphatic rings. The SMILES string of the molecule is CCn1c2ccccc2c2ccc(Cc3ccc4c5ccccc5c5ccccc5c4c3)cc21. The average Bonchev–Trinajstić information content (AvgIpc) is 3.21. The number of fused-ring (bicyclic) bond motifs is 9. The quantitative estimate of drug-likeness (QED) is 0.244. The molecule has 34 heavy (non-hydrogen) atoms. The monoisotopic (exact) mass is 435 g/mol. The van der Waals surface area contributed by atoms with Gasteiger partial charge in [-0.3, -0.25) is 0 Å². The Balaban J connectivity index is 1.40. The summed E-state index contributed by atoms with van der Waals surface area (Å²) in [6.45, 7) is 3.21. The average molecular weight is 436 g/mol.